The highest BCUT2D eigenvalue weighted by Gasteiger charge is 2.50. The Morgan fingerprint density at radius 1 is 0.950 bits per heavy atom. The average molecular weight is 270 g/mol. The van der Waals surface area contributed by atoms with Crippen LogP contribution in [0, 0.1) is 17.8 Å². The van der Waals surface area contributed by atoms with E-state index in [0.717, 1.165) is 24.3 Å². The molecule has 5 rings (SSSR count). The third kappa shape index (κ3) is 2.24. The lowest BCUT2D eigenvalue weighted by atomic mass is 9.53. The molecular formula is C18H26N2. The molecule has 4 aliphatic carbocycles. The van der Waals surface area contributed by atoms with E-state index in [1.165, 1.54) is 49.8 Å². The topological polar surface area (TPSA) is 24.1 Å². The van der Waals surface area contributed by atoms with Crippen molar-refractivity contribution in [3.8, 4) is 0 Å². The zero-order valence-corrected chi connectivity index (χ0v) is 12.5. The van der Waals surface area contributed by atoms with Crippen molar-refractivity contribution >= 4 is 5.69 Å². The fraction of sp³-hybridized carbons (Fsp3) is 0.667. The van der Waals surface area contributed by atoms with Gasteiger partial charge in [-0.2, -0.15) is 0 Å². The maximum Gasteiger partial charge on any atom is 0.0337 e. The Labute approximate surface area is 122 Å². The van der Waals surface area contributed by atoms with Crippen LogP contribution in [-0.4, -0.2) is 12.6 Å². The number of rotatable bonds is 4. The van der Waals surface area contributed by atoms with Crippen LogP contribution in [0.1, 0.15) is 44.1 Å². The van der Waals surface area contributed by atoms with Gasteiger partial charge in [0.2, 0.25) is 0 Å². The molecule has 0 spiro atoms. The molecule has 4 bridgehead atoms. The van der Waals surface area contributed by atoms with E-state index in [0.29, 0.717) is 5.54 Å². The lowest BCUT2D eigenvalue weighted by Crippen LogP contribution is -2.58. The van der Waals surface area contributed by atoms with Crippen LogP contribution < -0.4 is 10.6 Å². The molecule has 0 radical (unpaired) electrons. The minimum atomic E-state index is 0.483. The van der Waals surface area contributed by atoms with Gasteiger partial charge in [0.1, 0.15) is 0 Å². The van der Waals surface area contributed by atoms with Gasteiger partial charge in [0.15, 0.2) is 0 Å². The maximum atomic E-state index is 3.96. The summed E-state index contributed by atoms with van der Waals surface area (Å²) < 4.78 is 0. The minimum absolute atomic E-state index is 0.483. The van der Waals surface area contributed by atoms with Crippen molar-refractivity contribution in [3.05, 3.63) is 29.8 Å². The van der Waals surface area contributed by atoms with E-state index >= 15 is 0 Å². The van der Waals surface area contributed by atoms with Crippen LogP contribution in [-0.2, 0) is 6.54 Å². The van der Waals surface area contributed by atoms with Crippen LogP contribution in [0.15, 0.2) is 24.3 Å². The summed E-state index contributed by atoms with van der Waals surface area (Å²) in [6.07, 6.45) is 8.89. The van der Waals surface area contributed by atoms with Crippen molar-refractivity contribution < 1.29 is 0 Å². The Morgan fingerprint density at radius 3 is 2.00 bits per heavy atom. The SMILES string of the molecule is CNc1ccc(CNC23CC4CC(CC(C4)C2)C3)cc1. The van der Waals surface area contributed by atoms with Crippen LogP contribution in [0.4, 0.5) is 5.69 Å². The maximum absolute atomic E-state index is 3.96. The first-order valence-corrected chi connectivity index (χ1v) is 8.26. The molecular weight excluding hydrogens is 244 g/mol. The second-order valence-corrected chi connectivity index (χ2v) is 7.50. The van der Waals surface area contributed by atoms with Gasteiger partial charge >= 0.3 is 0 Å². The van der Waals surface area contributed by atoms with Gasteiger partial charge in [0.25, 0.3) is 0 Å². The average Bonchev–Trinajstić information content (AvgIpc) is 2.44. The van der Waals surface area contributed by atoms with Crippen molar-refractivity contribution in [3.63, 3.8) is 0 Å². The molecule has 0 aromatic heterocycles. The molecule has 2 N–H and O–H groups in total. The zero-order chi connectivity index (χ0) is 13.6. The highest BCUT2D eigenvalue weighted by molar-refractivity contribution is 5.43. The molecule has 1 aromatic carbocycles. The predicted molar refractivity (Wildman–Crippen MR) is 83.7 cm³/mol. The fourth-order valence-corrected chi connectivity index (χ4v) is 5.41. The minimum Gasteiger partial charge on any atom is -0.388 e. The first-order chi connectivity index (χ1) is 9.75. The summed E-state index contributed by atoms with van der Waals surface area (Å²) in [5, 5.41) is 7.15. The Hall–Kier alpha value is -1.02. The third-order valence-electron chi connectivity index (χ3n) is 5.95. The molecule has 1 aromatic rings. The van der Waals surface area contributed by atoms with Crippen LogP contribution in [0.2, 0.25) is 0 Å². The van der Waals surface area contributed by atoms with E-state index in [1.54, 1.807) is 0 Å². The van der Waals surface area contributed by atoms with Gasteiger partial charge in [-0.15, -0.1) is 0 Å². The summed E-state index contributed by atoms with van der Waals surface area (Å²) in [4.78, 5) is 0. The number of nitrogens with one attached hydrogen (secondary N) is 2. The molecule has 4 fully saturated rings. The second-order valence-electron chi connectivity index (χ2n) is 7.50. The van der Waals surface area contributed by atoms with Crippen molar-refractivity contribution in [2.75, 3.05) is 12.4 Å². The van der Waals surface area contributed by atoms with Crippen LogP contribution >= 0.6 is 0 Å². The van der Waals surface area contributed by atoms with Gasteiger partial charge in [-0.05, 0) is 74.0 Å². The van der Waals surface area contributed by atoms with Gasteiger partial charge in [0.05, 0.1) is 0 Å². The fourth-order valence-electron chi connectivity index (χ4n) is 5.41. The summed E-state index contributed by atoms with van der Waals surface area (Å²) in [7, 11) is 1.97. The van der Waals surface area contributed by atoms with E-state index < -0.39 is 0 Å². The lowest BCUT2D eigenvalue weighted by Gasteiger charge is -2.57. The number of benzene rings is 1. The van der Waals surface area contributed by atoms with Gasteiger partial charge in [-0.3, -0.25) is 0 Å². The van der Waals surface area contributed by atoms with Crippen LogP contribution in [0.3, 0.4) is 0 Å². The Balaban J connectivity index is 1.43. The largest absolute Gasteiger partial charge is 0.388 e. The van der Waals surface area contributed by atoms with Crippen LogP contribution in [0.5, 0.6) is 0 Å². The molecule has 0 atom stereocenters. The molecule has 2 nitrogen and oxygen atoms in total. The smallest absolute Gasteiger partial charge is 0.0337 e. The molecule has 20 heavy (non-hydrogen) atoms. The lowest BCUT2D eigenvalue weighted by molar-refractivity contribution is -0.0206. The van der Waals surface area contributed by atoms with E-state index in [1.807, 2.05) is 7.05 Å². The molecule has 108 valence electrons. The zero-order valence-electron chi connectivity index (χ0n) is 12.5. The molecule has 0 heterocycles. The normalized spacial score (nSPS) is 38.1. The standard InChI is InChI=1S/C18H26N2/c1-19-17-4-2-13(3-5-17)12-20-18-9-14-6-15(10-18)8-16(7-14)11-18/h2-5,14-16,19-20H,6-12H2,1H3. The summed E-state index contributed by atoms with van der Waals surface area (Å²) in [6, 6.07) is 8.85. The molecule has 0 amide bonds. The Bertz CT molecular complexity index is 441. The summed E-state index contributed by atoms with van der Waals surface area (Å²) >= 11 is 0. The monoisotopic (exact) mass is 270 g/mol. The number of anilines is 1. The van der Waals surface area contributed by atoms with E-state index in [-0.39, 0.29) is 0 Å². The molecule has 2 heteroatoms. The quantitative estimate of drug-likeness (QED) is 0.870. The van der Waals surface area contributed by atoms with Gasteiger partial charge in [0, 0.05) is 24.8 Å². The molecule has 0 aliphatic heterocycles. The second kappa shape index (κ2) is 4.77. The molecule has 4 aliphatic rings. The van der Waals surface area contributed by atoms with E-state index in [2.05, 4.69) is 34.9 Å². The Morgan fingerprint density at radius 2 is 1.50 bits per heavy atom. The molecule has 4 saturated carbocycles. The number of hydrogen-bond donors (Lipinski definition) is 2. The number of hydrogen-bond acceptors (Lipinski definition) is 2. The highest BCUT2D eigenvalue weighted by atomic mass is 15.0. The van der Waals surface area contributed by atoms with Gasteiger partial charge in [-0.25, -0.2) is 0 Å². The van der Waals surface area contributed by atoms with Crippen molar-refractivity contribution in [1.29, 1.82) is 0 Å². The van der Waals surface area contributed by atoms with E-state index in [9.17, 15) is 0 Å². The molecule has 0 saturated heterocycles. The summed E-state index contributed by atoms with van der Waals surface area (Å²) in [5.41, 5.74) is 3.10. The molecule has 0 unspecified atom stereocenters. The van der Waals surface area contributed by atoms with Gasteiger partial charge < -0.3 is 10.6 Å². The highest BCUT2D eigenvalue weighted by Crippen LogP contribution is 2.55. The van der Waals surface area contributed by atoms with Crippen molar-refractivity contribution in [2.24, 2.45) is 17.8 Å². The summed E-state index contributed by atoms with van der Waals surface area (Å²) in [5.74, 6) is 3.08. The first-order valence-electron chi connectivity index (χ1n) is 8.26. The first kappa shape index (κ1) is 12.7. The third-order valence-corrected chi connectivity index (χ3v) is 5.95. The van der Waals surface area contributed by atoms with Crippen LogP contribution in [0.25, 0.3) is 0 Å². The van der Waals surface area contributed by atoms with Crippen molar-refractivity contribution in [2.45, 2.75) is 50.6 Å². The predicted octanol–water partition coefficient (Wildman–Crippen LogP) is 3.79. The summed E-state index contributed by atoms with van der Waals surface area (Å²) in [6.45, 7) is 1.04. The van der Waals surface area contributed by atoms with Crippen molar-refractivity contribution in [1.82, 2.24) is 5.32 Å². The van der Waals surface area contributed by atoms with Gasteiger partial charge in [-0.1, -0.05) is 12.1 Å². The van der Waals surface area contributed by atoms with E-state index in [4.69, 9.17) is 0 Å². The Kier molecular flexibility index (Phi) is 3.03.